The number of hydrogen-bond acceptors (Lipinski definition) is 3. The molecule has 2 nitrogen and oxygen atoms in total. The lowest BCUT2D eigenvalue weighted by atomic mass is 10.2. The van der Waals surface area contributed by atoms with Crippen LogP contribution in [0.25, 0.3) is 0 Å². The Balaban J connectivity index is 1.87. The first-order chi connectivity index (χ1) is 7.36. The Kier molecular flexibility index (Phi) is 7.49. The Labute approximate surface area is 98.2 Å². The molecule has 0 aliphatic heterocycles. The summed E-state index contributed by atoms with van der Waals surface area (Å²) < 4.78 is 0. The summed E-state index contributed by atoms with van der Waals surface area (Å²) in [7, 11) is 0. The molecule has 1 aliphatic rings. The predicted molar refractivity (Wildman–Crippen MR) is 68.5 cm³/mol. The van der Waals surface area contributed by atoms with Crippen molar-refractivity contribution >= 4 is 11.8 Å². The largest absolute Gasteiger partial charge is 0.395 e. The van der Waals surface area contributed by atoms with E-state index in [4.69, 9.17) is 0 Å². The molecule has 1 aliphatic carbocycles. The minimum atomic E-state index is 0.298. The van der Waals surface area contributed by atoms with E-state index in [1.165, 1.54) is 43.6 Å². The summed E-state index contributed by atoms with van der Waals surface area (Å²) in [6.07, 6.45) is 7.74. The summed E-state index contributed by atoms with van der Waals surface area (Å²) in [6.45, 7) is 2.54. The molecule has 15 heavy (non-hydrogen) atoms. The van der Waals surface area contributed by atoms with Gasteiger partial charge in [-0.05, 0) is 37.2 Å². The Bertz CT molecular complexity index is 151. The van der Waals surface area contributed by atoms with Crippen LogP contribution < -0.4 is 5.32 Å². The van der Waals surface area contributed by atoms with Crippen molar-refractivity contribution < 1.29 is 5.11 Å². The summed E-state index contributed by atoms with van der Waals surface area (Å²) in [5, 5.41) is 12.7. The number of unbranched alkanes of at least 4 members (excludes halogenated alkanes) is 2. The van der Waals surface area contributed by atoms with Gasteiger partial charge in [0.05, 0.1) is 6.61 Å². The maximum atomic E-state index is 9.17. The van der Waals surface area contributed by atoms with E-state index < -0.39 is 0 Å². The Morgan fingerprint density at radius 3 is 2.73 bits per heavy atom. The normalized spacial score (nSPS) is 18.0. The standard InChI is InChI=1S/C12H25NOS/c1-2-3-4-8-15-9-7-12(10-14)13-11-5-6-11/h11-14H,2-10H2,1H3. The summed E-state index contributed by atoms with van der Waals surface area (Å²) in [5.41, 5.74) is 0. The van der Waals surface area contributed by atoms with E-state index in [9.17, 15) is 5.11 Å². The van der Waals surface area contributed by atoms with Gasteiger partial charge in [-0.1, -0.05) is 19.8 Å². The van der Waals surface area contributed by atoms with Crippen molar-refractivity contribution in [3.63, 3.8) is 0 Å². The minimum absolute atomic E-state index is 0.298. The third kappa shape index (κ3) is 7.20. The molecule has 1 saturated carbocycles. The maximum Gasteiger partial charge on any atom is 0.0585 e. The SMILES string of the molecule is CCCCCSCCC(CO)NC1CC1. The Hall–Kier alpha value is 0.270. The topological polar surface area (TPSA) is 32.3 Å². The second-order valence-corrected chi connectivity index (χ2v) is 5.65. The monoisotopic (exact) mass is 231 g/mol. The summed E-state index contributed by atoms with van der Waals surface area (Å²) in [5.74, 6) is 2.48. The summed E-state index contributed by atoms with van der Waals surface area (Å²) in [4.78, 5) is 0. The van der Waals surface area contributed by atoms with E-state index in [1.807, 2.05) is 11.8 Å². The fraction of sp³-hybridized carbons (Fsp3) is 1.00. The number of nitrogens with one attached hydrogen (secondary N) is 1. The van der Waals surface area contributed by atoms with E-state index in [-0.39, 0.29) is 0 Å². The van der Waals surface area contributed by atoms with Crippen molar-refractivity contribution in [3.05, 3.63) is 0 Å². The highest BCUT2D eigenvalue weighted by Gasteiger charge is 2.23. The molecular formula is C12H25NOS. The van der Waals surface area contributed by atoms with Crippen LogP contribution in [0.5, 0.6) is 0 Å². The van der Waals surface area contributed by atoms with Crippen molar-refractivity contribution in [2.45, 2.75) is 57.5 Å². The third-order valence-corrected chi connectivity index (χ3v) is 3.87. The second kappa shape index (κ2) is 8.43. The first-order valence-corrected chi connectivity index (χ1v) is 7.47. The number of aliphatic hydroxyl groups excluding tert-OH is 1. The zero-order valence-corrected chi connectivity index (χ0v) is 10.7. The minimum Gasteiger partial charge on any atom is -0.395 e. The molecule has 0 aromatic heterocycles. The number of aliphatic hydroxyl groups is 1. The van der Waals surface area contributed by atoms with Gasteiger partial charge in [-0.2, -0.15) is 11.8 Å². The molecule has 3 heteroatoms. The van der Waals surface area contributed by atoms with Gasteiger partial charge in [0.15, 0.2) is 0 Å². The van der Waals surface area contributed by atoms with Gasteiger partial charge in [-0.15, -0.1) is 0 Å². The zero-order chi connectivity index (χ0) is 10.9. The van der Waals surface area contributed by atoms with Crippen molar-refractivity contribution in [2.24, 2.45) is 0 Å². The lowest BCUT2D eigenvalue weighted by Gasteiger charge is -2.15. The highest BCUT2D eigenvalue weighted by Crippen LogP contribution is 2.20. The molecule has 0 spiro atoms. The van der Waals surface area contributed by atoms with E-state index in [0.29, 0.717) is 18.7 Å². The molecule has 0 bridgehead atoms. The van der Waals surface area contributed by atoms with Gasteiger partial charge in [0.1, 0.15) is 0 Å². The van der Waals surface area contributed by atoms with Gasteiger partial charge < -0.3 is 10.4 Å². The van der Waals surface area contributed by atoms with E-state index in [2.05, 4.69) is 12.2 Å². The molecule has 1 fully saturated rings. The third-order valence-electron chi connectivity index (χ3n) is 2.77. The van der Waals surface area contributed by atoms with Crippen molar-refractivity contribution in [1.29, 1.82) is 0 Å². The fourth-order valence-electron chi connectivity index (χ4n) is 1.59. The number of hydrogen-bond donors (Lipinski definition) is 2. The van der Waals surface area contributed by atoms with Crippen LogP contribution in [0.1, 0.15) is 45.4 Å². The van der Waals surface area contributed by atoms with Gasteiger partial charge in [-0.3, -0.25) is 0 Å². The molecule has 1 atom stereocenters. The maximum absolute atomic E-state index is 9.17. The molecule has 0 amide bonds. The Morgan fingerprint density at radius 2 is 2.13 bits per heavy atom. The van der Waals surface area contributed by atoms with Crippen molar-refractivity contribution in [3.8, 4) is 0 Å². The number of rotatable bonds is 10. The van der Waals surface area contributed by atoms with Crippen LogP contribution in [-0.4, -0.2) is 35.3 Å². The highest BCUT2D eigenvalue weighted by atomic mass is 32.2. The molecule has 1 unspecified atom stereocenters. The molecule has 0 saturated heterocycles. The molecule has 0 heterocycles. The molecule has 2 N–H and O–H groups in total. The van der Waals surface area contributed by atoms with Gasteiger partial charge in [0.2, 0.25) is 0 Å². The Morgan fingerprint density at radius 1 is 1.33 bits per heavy atom. The molecular weight excluding hydrogens is 206 g/mol. The first kappa shape index (κ1) is 13.3. The van der Waals surface area contributed by atoms with Crippen LogP contribution in [0.15, 0.2) is 0 Å². The molecule has 0 radical (unpaired) electrons. The fourth-order valence-corrected chi connectivity index (χ4v) is 2.66. The predicted octanol–water partition coefficient (Wildman–Crippen LogP) is 2.41. The van der Waals surface area contributed by atoms with Gasteiger partial charge in [-0.25, -0.2) is 0 Å². The second-order valence-electron chi connectivity index (χ2n) is 4.43. The van der Waals surface area contributed by atoms with Gasteiger partial charge in [0, 0.05) is 12.1 Å². The average Bonchev–Trinajstić information content (AvgIpc) is 3.05. The molecule has 90 valence electrons. The zero-order valence-electron chi connectivity index (χ0n) is 9.87. The van der Waals surface area contributed by atoms with E-state index in [1.54, 1.807) is 0 Å². The van der Waals surface area contributed by atoms with Crippen molar-refractivity contribution in [2.75, 3.05) is 18.1 Å². The van der Waals surface area contributed by atoms with Crippen LogP contribution in [-0.2, 0) is 0 Å². The van der Waals surface area contributed by atoms with Crippen molar-refractivity contribution in [1.82, 2.24) is 5.32 Å². The van der Waals surface area contributed by atoms with Gasteiger partial charge in [0.25, 0.3) is 0 Å². The van der Waals surface area contributed by atoms with Crippen LogP contribution in [0.4, 0.5) is 0 Å². The number of thioether (sulfide) groups is 1. The summed E-state index contributed by atoms with van der Waals surface area (Å²) >= 11 is 2.03. The van der Waals surface area contributed by atoms with Crippen LogP contribution in [0.3, 0.4) is 0 Å². The quantitative estimate of drug-likeness (QED) is 0.566. The average molecular weight is 231 g/mol. The van der Waals surface area contributed by atoms with Crippen LogP contribution >= 0.6 is 11.8 Å². The van der Waals surface area contributed by atoms with Gasteiger partial charge >= 0.3 is 0 Å². The molecule has 0 aromatic carbocycles. The molecule has 0 aromatic rings. The molecule has 1 rings (SSSR count). The highest BCUT2D eigenvalue weighted by molar-refractivity contribution is 7.99. The van der Waals surface area contributed by atoms with E-state index >= 15 is 0 Å². The summed E-state index contributed by atoms with van der Waals surface area (Å²) in [6, 6.07) is 1.06. The lowest BCUT2D eigenvalue weighted by molar-refractivity contribution is 0.239. The van der Waals surface area contributed by atoms with E-state index in [0.717, 1.165) is 6.42 Å². The van der Waals surface area contributed by atoms with Crippen LogP contribution in [0, 0.1) is 0 Å². The first-order valence-electron chi connectivity index (χ1n) is 6.31. The smallest absolute Gasteiger partial charge is 0.0585 e. The van der Waals surface area contributed by atoms with Crippen LogP contribution in [0.2, 0.25) is 0 Å². The lowest BCUT2D eigenvalue weighted by Crippen LogP contribution is -2.34.